The van der Waals surface area contributed by atoms with Crippen molar-refractivity contribution in [2.45, 2.75) is 104 Å². The molecule has 0 heterocycles. The molecule has 4 aliphatic carbocycles. The first kappa shape index (κ1) is 24.7. The van der Waals surface area contributed by atoms with E-state index in [9.17, 15) is 10.2 Å². The summed E-state index contributed by atoms with van der Waals surface area (Å²) in [6.45, 7) is 14.6. The van der Waals surface area contributed by atoms with E-state index in [1.807, 2.05) is 6.92 Å². The van der Waals surface area contributed by atoms with E-state index in [-0.39, 0.29) is 28.7 Å². The van der Waals surface area contributed by atoms with Crippen molar-refractivity contribution in [3.63, 3.8) is 0 Å². The number of hydrogen-bond acceptors (Lipinski definition) is 2. The van der Waals surface area contributed by atoms with E-state index in [0.29, 0.717) is 17.3 Å². The fourth-order valence-corrected chi connectivity index (χ4v) is 9.23. The van der Waals surface area contributed by atoms with Crippen LogP contribution >= 0.6 is 9.24 Å². The van der Waals surface area contributed by atoms with Crippen molar-refractivity contribution in [2.24, 2.45) is 34.0 Å². The summed E-state index contributed by atoms with van der Waals surface area (Å²) >= 11 is 0. The molecule has 4 rings (SSSR count). The van der Waals surface area contributed by atoms with Gasteiger partial charge in [-0.15, -0.1) is 9.24 Å². The lowest BCUT2D eigenvalue weighted by Crippen LogP contribution is -2.56. The highest BCUT2D eigenvalue weighted by Crippen LogP contribution is 2.71. The molecule has 2 unspecified atom stereocenters. The standard InChI is InChI=1S/C29H47O2P/c1-19(18-30)8-7-9-20(2)21-12-16-28(5)23-10-11-24-26(3,15-14-25(31)29(24,6)32)22(23)13-17-27(21,28)4/h8,10,13,20-21,24-25,30-31H,7,9,11-12,14-18,32H2,1-6H3/b19-8+/t20-,21-,24?,25+,26-,27-,28+,29+/m1/s1. The number of aliphatic hydroxyl groups excluding tert-OH is 2. The molecule has 32 heavy (non-hydrogen) atoms. The summed E-state index contributed by atoms with van der Waals surface area (Å²) in [5, 5.41) is 20.0. The molecule has 0 aromatic rings. The van der Waals surface area contributed by atoms with Crippen molar-refractivity contribution in [1.82, 2.24) is 0 Å². The summed E-state index contributed by atoms with van der Waals surface area (Å²) in [6.07, 6.45) is 16.5. The van der Waals surface area contributed by atoms with Crippen LogP contribution in [0, 0.1) is 34.0 Å². The fraction of sp³-hybridized carbons (Fsp3) is 0.793. The van der Waals surface area contributed by atoms with Gasteiger partial charge in [-0.1, -0.05) is 58.4 Å². The topological polar surface area (TPSA) is 40.5 Å². The Morgan fingerprint density at radius 1 is 1.16 bits per heavy atom. The third-order valence-electron chi connectivity index (χ3n) is 11.0. The zero-order valence-corrected chi connectivity index (χ0v) is 22.5. The maximum absolute atomic E-state index is 10.8. The van der Waals surface area contributed by atoms with Gasteiger partial charge in [0.2, 0.25) is 0 Å². The Hall–Kier alpha value is -0.430. The summed E-state index contributed by atoms with van der Waals surface area (Å²) in [5.74, 6) is 1.94. The van der Waals surface area contributed by atoms with Crippen molar-refractivity contribution in [1.29, 1.82) is 0 Å². The van der Waals surface area contributed by atoms with Crippen molar-refractivity contribution in [3.8, 4) is 0 Å². The molecule has 9 atom stereocenters. The van der Waals surface area contributed by atoms with Crippen LogP contribution in [0.15, 0.2) is 34.9 Å². The van der Waals surface area contributed by atoms with E-state index in [2.05, 4.69) is 62.1 Å². The molecule has 2 saturated carbocycles. The van der Waals surface area contributed by atoms with Crippen LogP contribution in [0.25, 0.3) is 0 Å². The molecular formula is C29H47O2P. The minimum Gasteiger partial charge on any atom is -0.392 e. The molecule has 2 N–H and O–H groups in total. The normalized spacial score (nSPS) is 47.2. The van der Waals surface area contributed by atoms with Crippen molar-refractivity contribution >= 4 is 9.24 Å². The van der Waals surface area contributed by atoms with Crippen LogP contribution in [-0.2, 0) is 0 Å². The third kappa shape index (κ3) is 3.46. The molecule has 2 fully saturated rings. The number of fused-ring (bicyclic) bond motifs is 5. The predicted molar refractivity (Wildman–Crippen MR) is 139 cm³/mol. The van der Waals surface area contributed by atoms with Crippen molar-refractivity contribution in [3.05, 3.63) is 34.9 Å². The van der Waals surface area contributed by atoms with Gasteiger partial charge in [0.05, 0.1) is 12.7 Å². The summed E-state index contributed by atoms with van der Waals surface area (Å²) in [5.41, 5.74) is 5.14. The minimum atomic E-state index is -0.217. The monoisotopic (exact) mass is 458 g/mol. The first-order valence-corrected chi connectivity index (χ1v) is 13.6. The van der Waals surface area contributed by atoms with Gasteiger partial charge in [0.25, 0.3) is 0 Å². The molecular weight excluding hydrogens is 411 g/mol. The highest BCUT2D eigenvalue weighted by atomic mass is 31.0. The first-order chi connectivity index (χ1) is 14.9. The smallest absolute Gasteiger partial charge is 0.0639 e. The molecule has 2 nitrogen and oxygen atoms in total. The van der Waals surface area contributed by atoms with Gasteiger partial charge in [-0.2, -0.15) is 0 Å². The van der Waals surface area contributed by atoms with E-state index in [4.69, 9.17) is 0 Å². The number of allylic oxidation sites excluding steroid dienone is 5. The second-order valence-electron chi connectivity index (χ2n) is 12.7. The molecule has 0 amide bonds. The fourth-order valence-electron chi connectivity index (χ4n) is 8.56. The number of aliphatic hydroxyl groups is 2. The second kappa shape index (κ2) is 8.35. The Kier molecular flexibility index (Phi) is 6.44. The van der Waals surface area contributed by atoms with Crippen molar-refractivity contribution < 1.29 is 10.2 Å². The van der Waals surface area contributed by atoms with Gasteiger partial charge in [0, 0.05) is 5.16 Å². The van der Waals surface area contributed by atoms with Crippen LogP contribution < -0.4 is 0 Å². The van der Waals surface area contributed by atoms with Crippen LogP contribution in [0.1, 0.15) is 92.9 Å². The molecule has 0 bridgehead atoms. The third-order valence-corrected chi connectivity index (χ3v) is 11.8. The van der Waals surface area contributed by atoms with E-state index in [1.54, 1.807) is 11.1 Å². The average Bonchev–Trinajstić information content (AvgIpc) is 3.02. The predicted octanol–water partition coefficient (Wildman–Crippen LogP) is 6.84. The second-order valence-corrected chi connectivity index (χ2v) is 14.0. The molecule has 0 spiro atoms. The molecule has 0 saturated heterocycles. The van der Waals surface area contributed by atoms with Gasteiger partial charge < -0.3 is 10.2 Å². The Morgan fingerprint density at radius 3 is 2.56 bits per heavy atom. The van der Waals surface area contributed by atoms with Crippen LogP contribution in [0.3, 0.4) is 0 Å². The van der Waals surface area contributed by atoms with E-state index in [1.165, 1.54) is 25.7 Å². The number of rotatable bonds is 5. The van der Waals surface area contributed by atoms with Gasteiger partial charge >= 0.3 is 0 Å². The van der Waals surface area contributed by atoms with E-state index < -0.39 is 0 Å². The van der Waals surface area contributed by atoms with Gasteiger partial charge in [0.15, 0.2) is 0 Å². The summed E-state index contributed by atoms with van der Waals surface area (Å²) in [6, 6.07) is 0. The molecule has 3 heteroatoms. The van der Waals surface area contributed by atoms with Crippen molar-refractivity contribution in [2.75, 3.05) is 6.61 Å². The number of hydrogen-bond donors (Lipinski definition) is 2. The minimum absolute atomic E-state index is 0.107. The lowest BCUT2D eigenvalue weighted by Gasteiger charge is -2.61. The van der Waals surface area contributed by atoms with Gasteiger partial charge in [-0.3, -0.25) is 0 Å². The highest BCUT2D eigenvalue weighted by molar-refractivity contribution is 7.19. The SMILES string of the molecule is C/C(=C\CC[C@@H](C)[C@H]1CC[C@@]2(C)C3=CCC4[C@](C)(P)[C@@H](O)CC[C@]4(C)C3=CC[C@]12C)CO. The largest absolute Gasteiger partial charge is 0.392 e. The van der Waals surface area contributed by atoms with Crippen LogP contribution in [0.4, 0.5) is 0 Å². The Labute approximate surface area is 199 Å². The Balaban J connectivity index is 1.63. The molecule has 0 aromatic heterocycles. The lowest BCUT2D eigenvalue weighted by molar-refractivity contribution is -0.00696. The highest BCUT2D eigenvalue weighted by Gasteiger charge is 2.63. The summed E-state index contributed by atoms with van der Waals surface area (Å²) in [4.78, 5) is 0. The lowest BCUT2D eigenvalue weighted by atomic mass is 9.46. The van der Waals surface area contributed by atoms with Gasteiger partial charge in [-0.25, -0.2) is 0 Å². The maximum atomic E-state index is 10.8. The first-order valence-electron chi connectivity index (χ1n) is 13.1. The molecule has 4 aliphatic rings. The Bertz CT molecular complexity index is 838. The molecule has 0 aliphatic heterocycles. The van der Waals surface area contributed by atoms with E-state index >= 15 is 0 Å². The average molecular weight is 459 g/mol. The molecule has 0 aromatic carbocycles. The molecule has 180 valence electrons. The summed E-state index contributed by atoms with van der Waals surface area (Å²) in [7, 11) is 3.04. The van der Waals surface area contributed by atoms with Gasteiger partial charge in [0.1, 0.15) is 0 Å². The molecule has 0 radical (unpaired) electrons. The zero-order valence-electron chi connectivity index (χ0n) is 21.4. The maximum Gasteiger partial charge on any atom is 0.0639 e. The van der Waals surface area contributed by atoms with E-state index in [0.717, 1.165) is 37.2 Å². The van der Waals surface area contributed by atoms with Gasteiger partial charge in [-0.05, 0) is 103 Å². The van der Waals surface area contributed by atoms with Crippen LogP contribution in [0.2, 0.25) is 0 Å². The van der Waals surface area contributed by atoms with Crippen LogP contribution in [-0.4, -0.2) is 28.1 Å². The quantitative estimate of drug-likeness (QED) is 0.350. The summed E-state index contributed by atoms with van der Waals surface area (Å²) < 4.78 is 0. The zero-order chi connectivity index (χ0) is 23.5. The Morgan fingerprint density at radius 2 is 1.88 bits per heavy atom. The van der Waals surface area contributed by atoms with Crippen LogP contribution in [0.5, 0.6) is 0 Å².